The number of hydrogen-bond donors (Lipinski definition) is 2. The maximum absolute atomic E-state index is 13.7. The molecule has 0 bridgehead atoms. The number of phenols is 1. The van der Waals surface area contributed by atoms with Gasteiger partial charge in [-0.25, -0.2) is 0 Å². The number of carbonyl (C=O) groups excluding carboxylic acids is 1. The number of aromatic hydroxyl groups is 1. The quantitative estimate of drug-likeness (QED) is 0.488. The zero-order valence-corrected chi connectivity index (χ0v) is 17.5. The van der Waals surface area contributed by atoms with Gasteiger partial charge in [0.1, 0.15) is 5.75 Å². The molecule has 30 heavy (non-hydrogen) atoms. The number of phenolic OH excluding ortho intramolecular Hbond substituents is 1. The van der Waals surface area contributed by atoms with Gasteiger partial charge in [-0.15, -0.1) is 12.4 Å². The van der Waals surface area contributed by atoms with Crippen molar-refractivity contribution in [2.75, 3.05) is 0 Å². The summed E-state index contributed by atoms with van der Waals surface area (Å²) in [5, 5.41) is 11.4. The summed E-state index contributed by atoms with van der Waals surface area (Å²) in [7, 11) is 0. The molecule has 4 aromatic rings. The van der Waals surface area contributed by atoms with E-state index in [-0.39, 0.29) is 30.5 Å². The number of nitrogens with two attached hydrogens (primary N) is 1. The number of halogens is 1. The van der Waals surface area contributed by atoms with Crippen LogP contribution < -0.4 is 5.73 Å². The molecule has 152 valence electrons. The predicted molar refractivity (Wildman–Crippen MR) is 122 cm³/mol. The Morgan fingerprint density at radius 1 is 1.00 bits per heavy atom. The molecule has 0 saturated heterocycles. The molecule has 1 aliphatic rings. The van der Waals surface area contributed by atoms with Crippen molar-refractivity contribution in [2.45, 2.75) is 26.3 Å². The highest BCUT2D eigenvalue weighted by Crippen LogP contribution is 2.39. The standard InChI is InChI=1S/C25H22N2O2.ClH/c1-15-6-9-17(10-7-15)27-21-12-13-22(28)20(14-26)23(21)19-11-8-16-4-2-3-5-18(16)25(29)24(19)27;/h2-7,9-10,12-13,28H,8,11,14,26H2,1H3;1H. The van der Waals surface area contributed by atoms with Crippen LogP contribution in [0.2, 0.25) is 0 Å². The van der Waals surface area contributed by atoms with Gasteiger partial charge in [-0.2, -0.15) is 0 Å². The molecule has 0 unspecified atom stereocenters. The van der Waals surface area contributed by atoms with Crippen molar-refractivity contribution in [3.63, 3.8) is 0 Å². The topological polar surface area (TPSA) is 68.2 Å². The van der Waals surface area contributed by atoms with Crippen LogP contribution in [0.15, 0.2) is 60.7 Å². The van der Waals surface area contributed by atoms with Gasteiger partial charge in [-0.05, 0) is 55.2 Å². The summed E-state index contributed by atoms with van der Waals surface area (Å²) in [5.74, 6) is 0.199. The Labute approximate surface area is 181 Å². The minimum absolute atomic E-state index is 0. The first kappa shape index (κ1) is 20.2. The third-order valence-corrected chi connectivity index (χ3v) is 5.94. The molecule has 1 heterocycles. The van der Waals surface area contributed by atoms with Gasteiger partial charge < -0.3 is 15.4 Å². The first-order valence-corrected chi connectivity index (χ1v) is 9.88. The fraction of sp³-hybridized carbons (Fsp3) is 0.160. The Morgan fingerprint density at radius 3 is 2.47 bits per heavy atom. The van der Waals surface area contributed by atoms with Gasteiger partial charge in [0.2, 0.25) is 5.78 Å². The van der Waals surface area contributed by atoms with Gasteiger partial charge in [0.25, 0.3) is 0 Å². The number of fused-ring (bicyclic) bond motifs is 4. The van der Waals surface area contributed by atoms with Gasteiger partial charge in [0.05, 0.1) is 11.2 Å². The number of hydrogen-bond acceptors (Lipinski definition) is 3. The van der Waals surface area contributed by atoms with Crippen LogP contribution in [0.1, 0.15) is 38.3 Å². The van der Waals surface area contributed by atoms with E-state index in [2.05, 4.69) is 0 Å². The van der Waals surface area contributed by atoms with E-state index in [1.165, 1.54) is 0 Å². The summed E-state index contributed by atoms with van der Waals surface area (Å²) in [6.07, 6.45) is 1.51. The van der Waals surface area contributed by atoms with E-state index in [0.717, 1.165) is 51.7 Å². The molecule has 0 saturated carbocycles. The van der Waals surface area contributed by atoms with Crippen LogP contribution in [0.5, 0.6) is 5.75 Å². The summed E-state index contributed by atoms with van der Waals surface area (Å²) in [6, 6.07) is 19.6. The predicted octanol–water partition coefficient (Wildman–Crippen LogP) is 4.85. The largest absolute Gasteiger partial charge is 0.508 e. The zero-order valence-electron chi connectivity index (χ0n) is 16.7. The Kier molecular flexibility index (Phi) is 5.14. The molecule has 0 fully saturated rings. The lowest BCUT2D eigenvalue weighted by Crippen LogP contribution is -2.10. The van der Waals surface area contributed by atoms with E-state index in [9.17, 15) is 9.90 Å². The van der Waals surface area contributed by atoms with E-state index in [4.69, 9.17) is 5.73 Å². The summed E-state index contributed by atoms with van der Waals surface area (Å²) in [5.41, 5.74) is 13.2. The lowest BCUT2D eigenvalue weighted by molar-refractivity contribution is 0.103. The molecule has 3 aromatic carbocycles. The summed E-state index contributed by atoms with van der Waals surface area (Å²) in [4.78, 5) is 13.7. The van der Waals surface area contributed by atoms with Crippen LogP contribution in [0.25, 0.3) is 16.6 Å². The van der Waals surface area contributed by atoms with Crippen molar-refractivity contribution >= 4 is 29.1 Å². The second kappa shape index (κ2) is 7.63. The third kappa shape index (κ3) is 2.92. The number of aryl methyl sites for hydroxylation is 3. The smallest absolute Gasteiger partial charge is 0.210 e. The molecule has 0 radical (unpaired) electrons. The molecule has 0 amide bonds. The first-order chi connectivity index (χ1) is 14.1. The van der Waals surface area contributed by atoms with Gasteiger partial charge in [0, 0.05) is 28.7 Å². The second-order valence-corrected chi connectivity index (χ2v) is 7.65. The highest BCUT2D eigenvalue weighted by molar-refractivity contribution is 6.14. The number of rotatable bonds is 2. The Hall–Kier alpha value is -3.08. The molecule has 0 aliphatic heterocycles. The molecule has 5 rings (SSSR count). The third-order valence-electron chi connectivity index (χ3n) is 5.94. The van der Waals surface area contributed by atoms with Crippen LogP contribution in [-0.4, -0.2) is 15.5 Å². The van der Waals surface area contributed by atoms with Crippen LogP contribution in [0.3, 0.4) is 0 Å². The first-order valence-electron chi connectivity index (χ1n) is 9.88. The van der Waals surface area contributed by atoms with Crippen molar-refractivity contribution in [1.82, 2.24) is 4.57 Å². The average Bonchev–Trinajstić information content (AvgIpc) is 2.99. The molecule has 0 atom stereocenters. The van der Waals surface area contributed by atoms with Crippen LogP contribution in [0, 0.1) is 6.92 Å². The monoisotopic (exact) mass is 418 g/mol. The lowest BCUT2D eigenvalue weighted by atomic mass is 10.00. The molecule has 4 nitrogen and oxygen atoms in total. The summed E-state index contributed by atoms with van der Waals surface area (Å²) >= 11 is 0. The van der Waals surface area contributed by atoms with E-state index < -0.39 is 0 Å². The minimum atomic E-state index is 0. The molecule has 1 aliphatic carbocycles. The minimum Gasteiger partial charge on any atom is -0.508 e. The van der Waals surface area contributed by atoms with Crippen LogP contribution in [0.4, 0.5) is 0 Å². The van der Waals surface area contributed by atoms with Crippen LogP contribution in [-0.2, 0) is 19.4 Å². The van der Waals surface area contributed by atoms with Crippen molar-refractivity contribution in [2.24, 2.45) is 5.73 Å². The maximum atomic E-state index is 13.7. The van der Waals surface area contributed by atoms with Crippen molar-refractivity contribution in [3.8, 4) is 11.4 Å². The van der Waals surface area contributed by atoms with E-state index in [1.807, 2.05) is 66.1 Å². The van der Waals surface area contributed by atoms with Crippen molar-refractivity contribution in [1.29, 1.82) is 0 Å². The van der Waals surface area contributed by atoms with Gasteiger partial charge in [0.15, 0.2) is 0 Å². The molecular formula is C25H23ClN2O2. The molecule has 0 spiro atoms. The maximum Gasteiger partial charge on any atom is 0.210 e. The zero-order chi connectivity index (χ0) is 20.1. The SMILES string of the molecule is Cc1ccc(-n2c3c(c4c(CN)c(O)ccc42)CCc2ccccc2C3=O)cc1.Cl. The van der Waals surface area contributed by atoms with Gasteiger partial charge in [-0.1, -0.05) is 42.0 Å². The molecule has 3 N–H and O–H groups in total. The van der Waals surface area contributed by atoms with Gasteiger partial charge >= 0.3 is 0 Å². The lowest BCUT2D eigenvalue weighted by Gasteiger charge is -2.12. The van der Waals surface area contributed by atoms with Crippen LogP contribution >= 0.6 is 12.4 Å². The van der Waals surface area contributed by atoms with Gasteiger partial charge in [-0.3, -0.25) is 4.79 Å². The van der Waals surface area contributed by atoms with Crippen molar-refractivity contribution < 1.29 is 9.90 Å². The summed E-state index contributed by atoms with van der Waals surface area (Å²) < 4.78 is 2.03. The normalized spacial score (nSPS) is 12.8. The van der Waals surface area contributed by atoms with E-state index >= 15 is 0 Å². The van der Waals surface area contributed by atoms with Crippen molar-refractivity contribution in [3.05, 3.63) is 94.2 Å². The number of ketones is 1. The fourth-order valence-corrected chi connectivity index (χ4v) is 4.52. The number of aromatic nitrogens is 1. The Bertz CT molecular complexity index is 1270. The Morgan fingerprint density at radius 2 is 1.73 bits per heavy atom. The number of carbonyl (C=O) groups is 1. The fourth-order valence-electron chi connectivity index (χ4n) is 4.52. The van der Waals surface area contributed by atoms with E-state index in [0.29, 0.717) is 11.3 Å². The molecular weight excluding hydrogens is 396 g/mol. The number of nitrogens with zero attached hydrogens (tertiary/aromatic N) is 1. The molecule has 1 aromatic heterocycles. The second-order valence-electron chi connectivity index (χ2n) is 7.65. The Balaban J connectivity index is 0.00000218. The molecule has 5 heteroatoms. The average molecular weight is 419 g/mol. The van der Waals surface area contributed by atoms with E-state index in [1.54, 1.807) is 6.07 Å². The highest BCUT2D eigenvalue weighted by Gasteiger charge is 2.30. The highest BCUT2D eigenvalue weighted by atomic mass is 35.5. The summed E-state index contributed by atoms with van der Waals surface area (Å²) in [6.45, 7) is 2.26. The number of benzene rings is 3.